The molecule has 26 heavy (non-hydrogen) atoms. The summed E-state index contributed by atoms with van der Waals surface area (Å²) in [5.41, 5.74) is 3.09. The van der Waals surface area contributed by atoms with Crippen LogP contribution in [0.4, 0.5) is 11.4 Å². The molecule has 1 aliphatic rings. The van der Waals surface area contributed by atoms with Gasteiger partial charge >= 0.3 is 0 Å². The molecule has 1 unspecified atom stereocenters. The number of halogens is 1. The third-order valence-electron chi connectivity index (χ3n) is 4.38. The quantitative estimate of drug-likeness (QED) is 0.580. The summed E-state index contributed by atoms with van der Waals surface area (Å²) < 4.78 is 0.500. The SMILES string of the molecule is O=C(C[NH+]1CC=C(c2ccccc2)CC1)Nc1ccc([N+](=O)[O-])cc1Br. The van der Waals surface area contributed by atoms with Crippen LogP contribution in [0.3, 0.4) is 0 Å². The van der Waals surface area contributed by atoms with Crippen molar-refractivity contribution in [3.8, 4) is 0 Å². The lowest BCUT2D eigenvalue weighted by atomic mass is 10.00. The van der Waals surface area contributed by atoms with Gasteiger partial charge in [0.15, 0.2) is 6.54 Å². The van der Waals surface area contributed by atoms with Crippen molar-refractivity contribution in [1.29, 1.82) is 0 Å². The first-order chi connectivity index (χ1) is 12.5. The van der Waals surface area contributed by atoms with E-state index in [1.165, 1.54) is 28.2 Å². The average molecular weight is 417 g/mol. The molecule has 3 rings (SSSR count). The van der Waals surface area contributed by atoms with Gasteiger partial charge in [0, 0.05) is 23.0 Å². The predicted molar refractivity (Wildman–Crippen MR) is 104 cm³/mol. The number of hydrogen-bond donors (Lipinski definition) is 2. The summed E-state index contributed by atoms with van der Waals surface area (Å²) in [5.74, 6) is -0.105. The van der Waals surface area contributed by atoms with E-state index in [0.717, 1.165) is 19.5 Å². The Bertz CT molecular complexity index is 852. The molecule has 0 aromatic heterocycles. The molecule has 6 nitrogen and oxygen atoms in total. The standard InChI is InChI=1S/C19H18BrN3O3/c20-17-12-16(23(25)26)6-7-18(17)21-19(24)13-22-10-8-15(9-11-22)14-4-2-1-3-5-14/h1-8,12H,9-11,13H2,(H,21,24)/p+1. The molecule has 0 saturated carbocycles. The minimum Gasteiger partial charge on any atom is -0.324 e. The molecule has 1 aliphatic heterocycles. The van der Waals surface area contributed by atoms with Crippen LogP contribution in [0.1, 0.15) is 12.0 Å². The zero-order valence-corrected chi connectivity index (χ0v) is 15.7. The van der Waals surface area contributed by atoms with Crippen LogP contribution in [-0.4, -0.2) is 30.5 Å². The van der Waals surface area contributed by atoms with E-state index in [4.69, 9.17) is 0 Å². The number of anilines is 1. The fourth-order valence-electron chi connectivity index (χ4n) is 3.00. The molecule has 0 saturated heterocycles. The monoisotopic (exact) mass is 416 g/mol. The van der Waals surface area contributed by atoms with Crippen molar-refractivity contribution in [1.82, 2.24) is 0 Å². The highest BCUT2D eigenvalue weighted by atomic mass is 79.9. The Morgan fingerprint density at radius 1 is 1.23 bits per heavy atom. The van der Waals surface area contributed by atoms with E-state index < -0.39 is 4.92 Å². The second-order valence-electron chi connectivity index (χ2n) is 6.20. The van der Waals surface area contributed by atoms with Crippen LogP contribution in [0.5, 0.6) is 0 Å². The van der Waals surface area contributed by atoms with Crippen molar-refractivity contribution >= 4 is 38.8 Å². The molecule has 134 valence electrons. The number of non-ortho nitro benzene ring substituents is 1. The van der Waals surface area contributed by atoms with E-state index in [1.807, 2.05) is 18.2 Å². The summed E-state index contributed by atoms with van der Waals surface area (Å²) in [6.45, 7) is 2.07. The first-order valence-electron chi connectivity index (χ1n) is 8.35. The van der Waals surface area contributed by atoms with Gasteiger partial charge in [0.1, 0.15) is 0 Å². The number of nitro groups is 1. The fraction of sp³-hybridized carbons (Fsp3) is 0.211. The number of nitro benzene ring substituents is 1. The molecule has 0 aliphatic carbocycles. The molecule has 0 fully saturated rings. The number of carbonyl (C=O) groups is 1. The molecule has 0 spiro atoms. The maximum Gasteiger partial charge on any atom is 0.279 e. The molecule has 0 radical (unpaired) electrons. The maximum absolute atomic E-state index is 12.3. The van der Waals surface area contributed by atoms with Gasteiger partial charge < -0.3 is 10.2 Å². The van der Waals surface area contributed by atoms with E-state index in [1.54, 1.807) is 6.07 Å². The van der Waals surface area contributed by atoms with Crippen molar-refractivity contribution in [2.24, 2.45) is 0 Å². The Morgan fingerprint density at radius 3 is 2.62 bits per heavy atom. The van der Waals surface area contributed by atoms with E-state index in [9.17, 15) is 14.9 Å². The first kappa shape index (κ1) is 18.3. The highest BCUT2D eigenvalue weighted by molar-refractivity contribution is 9.10. The van der Waals surface area contributed by atoms with Crippen LogP contribution in [0.15, 0.2) is 59.1 Å². The second kappa shape index (κ2) is 8.25. The number of amides is 1. The van der Waals surface area contributed by atoms with Crippen LogP contribution in [-0.2, 0) is 4.79 Å². The van der Waals surface area contributed by atoms with Crippen molar-refractivity contribution in [2.75, 3.05) is 25.0 Å². The number of benzene rings is 2. The summed E-state index contributed by atoms with van der Waals surface area (Å²) in [6.07, 6.45) is 3.14. The van der Waals surface area contributed by atoms with Crippen LogP contribution < -0.4 is 10.2 Å². The van der Waals surface area contributed by atoms with Crippen molar-refractivity contribution in [3.63, 3.8) is 0 Å². The highest BCUT2D eigenvalue weighted by Gasteiger charge is 2.19. The van der Waals surface area contributed by atoms with Crippen LogP contribution in [0.2, 0.25) is 0 Å². The summed E-state index contributed by atoms with van der Waals surface area (Å²) in [4.78, 5) is 23.8. The molecule has 7 heteroatoms. The summed E-state index contributed by atoms with van der Waals surface area (Å²) >= 11 is 3.27. The fourth-order valence-corrected chi connectivity index (χ4v) is 3.46. The third kappa shape index (κ3) is 4.56. The highest BCUT2D eigenvalue weighted by Crippen LogP contribution is 2.27. The lowest BCUT2D eigenvalue weighted by Gasteiger charge is -2.23. The third-order valence-corrected chi connectivity index (χ3v) is 5.03. The molecule has 1 atom stereocenters. The summed E-state index contributed by atoms with van der Waals surface area (Å²) in [5, 5.41) is 13.6. The van der Waals surface area contributed by atoms with Gasteiger partial charge in [-0.15, -0.1) is 0 Å². The molecular formula is C19H19BrN3O3+. The van der Waals surface area contributed by atoms with Gasteiger partial charge in [-0.1, -0.05) is 30.3 Å². The van der Waals surface area contributed by atoms with Gasteiger partial charge in [-0.3, -0.25) is 14.9 Å². The molecule has 2 aromatic carbocycles. The number of nitrogens with one attached hydrogen (secondary N) is 2. The van der Waals surface area contributed by atoms with Crippen molar-refractivity contribution in [2.45, 2.75) is 6.42 Å². The van der Waals surface area contributed by atoms with Gasteiger partial charge in [-0.2, -0.15) is 0 Å². The van der Waals surface area contributed by atoms with Gasteiger partial charge in [0.25, 0.3) is 11.6 Å². The smallest absolute Gasteiger partial charge is 0.279 e. The second-order valence-corrected chi connectivity index (χ2v) is 7.05. The molecule has 0 bridgehead atoms. The first-order valence-corrected chi connectivity index (χ1v) is 9.14. The Kier molecular flexibility index (Phi) is 5.80. The van der Waals surface area contributed by atoms with Crippen LogP contribution in [0.25, 0.3) is 5.57 Å². The van der Waals surface area contributed by atoms with Gasteiger partial charge in [-0.05, 0) is 39.2 Å². The number of hydrogen-bond acceptors (Lipinski definition) is 3. The summed E-state index contributed by atoms with van der Waals surface area (Å²) in [7, 11) is 0. The average Bonchev–Trinajstić information content (AvgIpc) is 2.64. The zero-order valence-electron chi connectivity index (χ0n) is 14.1. The van der Waals surface area contributed by atoms with Crippen LogP contribution >= 0.6 is 15.9 Å². The Morgan fingerprint density at radius 2 is 2.00 bits per heavy atom. The van der Waals surface area contributed by atoms with Gasteiger partial charge in [-0.25, -0.2) is 0 Å². The molecule has 1 amide bonds. The van der Waals surface area contributed by atoms with Crippen molar-refractivity contribution in [3.05, 3.63) is 74.8 Å². The number of carbonyl (C=O) groups excluding carboxylic acids is 1. The Labute approximate surface area is 159 Å². The number of rotatable bonds is 5. The normalized spacial score (nSPS) is 16.7. The molecular weight excluding hydrogens is 398 g/mol. The van der Waals surface area contributed by atoms with Gasteiger partial charge in [0.05, 0.1) is 23.7 Å². The van der Waals surface area contributed by atoms with Crippen molar-refractivity contribution < 1.29 is 14.6 Å². The number of quaternary nitrogens is 1. The van der Waals surface area contributed by atoms with E-state index in [0.29, 0.717) is 16.7 Å². The minimum atomic E-state index is -0.467. The Hall–Kier alpha value is -2.51. The van der Waals surface area contributed by atoms with Crippen LogP contribution in [0, 0.1) is 10.1 Å². The zero-order chi connectivity index (χ0) is 18.5. The lowest BCUT2D eigenvalue weighted by molar-refractivity contribution is -0.886. The lowest BCUT2D eigenvalue weighted by Crippen LogP contribution is -3.13. The maximum atomic E-state index is 12.3. The Balaban J connectivity index is 1.56. The molecule has 2 aromatic rings. The molecule has 2 N–H and O–H groups in total. The summed E-state index contributed by atoms with van der Waals surface area (Å²) in [6, 6.07) is 14.6. The molecule has 1 heterocycles. The largest absolute Gasteiger partial charge is 0.324 e. The van der Waals surface area contributed by atoms with Gasteiger partial charge in [0.2, 0.25) is 0 Å². The topological polar surface area (TPSA) is 76.7 Å². The van der Waals surface area contributed by atoms with E-state index >= 15 is 0 Å². The predicted octanol–water partition coefficient (Wildman–Crippen LogP) is 2.67. The van der Waals surface area contributed by atoms with E-state index in [2.05, 4.69) is 39.5 Å². The minimum absolute atomic E-state index is 0.0184. The number of nitrogens with zero attached hydrogens (tertiary/aromatic N) is 1. The van der Waals surface area contributed by atoms with E-state index in [-0.39, 0.29) is 11.6 Å².